The van der Waals surface area contributed by atoms with Gasteiger partial charge in [0.1, 0.15) is 0 Å². The molecule has 3 nitrogen and oxygen atoms in total. The predicted molar refractivity (Wildman–Crippen MR) is 85.6 cm³/mol. The summed E-state index contributed by atoms with van der Waals surface area (Å²) in [5, 5.41) is 4.60. The lowest BCUT2D eigenvalue weighted by Gasteiger charge is -2.16. The van der Waals surface area contributed by atoms with Crippen LogP contribution in [0.2, 0.25) is 10.0 Å². The molecule has 0 fully saturated rings. The molecule has 0 atom stereocenters. The van der Waals surface area contributed by atoms with Gasteiger partial charge in [0.25, 0.3) is 0 Å². The minimum absolute atomic E-state index is 0.610. The molecule has 0 radical (unpaired) electrons. The van der Waals surface area contributed by atoms with Crippen molar-refractivity contribution in [2.45, 2.75) is 26.2 Å². The Labute approximate surface area is 133 Å². The minimum Gasteiger partial charge on any atom is -0.449 e. The lowest BCUT2D eigenvalue weighted by Crippen LogP contribution is -2.29. The molecule has 0 saturated heterocycles. The van der Waals surface area contributed by atoms with E-state index in [2.05, 4.69) is 5.32 Å². The lowest BCUT2D eigenvalue weighted by molar-refractivity contribution is -0.0431. The summed E-state index contributed by atoms with van der Waals surface area (Å²) in [5.41, 5.74) is 1.93. The molecule has 0 saturated carbocycles. The highest BCUT2D eigenvalue weighted by Gasteiger charge is 2.31. The Morgan fingerprint density at radius 1 is 1.00 bits per heavy atom. The number of ether oxygens (including phenoxy) is 2. The number of anilines is 1. The summed E-state index contributed by atoms with van der Waals surface area (Å²) in [6.45, 7) is 4.38. The monoisotopic (exact) mass is 323 g/mol. The van der Waals surface area contributed by atoms with Gasteiger partial charge in [-0.25, -0.2) is 0 Å². The van der Waals surface area contributed by atoms with Crippen LogP contribution in [0.3, 0.4) is 0 Å². The molecular formula is C16H15Cl2NO2. The first-order valence-corrected chi connectivity index (χ1v) is 7.38. The number of hydrogen-bond acceptors (Lipinski definition) is 3. The average Bonchev–Trinajstić information content (AvgIpc) is 2.70. The second kappa shape index (κ2) is 5.32. The van der Waals surface area contributed by atoms with Gasteiger partial charge in [-0.15, -0.1) is 0 Å². The molecule has 0 aromatic heterocycles. The van der Waals surface area contributed by atoms with E-state index in [1.807, 2.05) is 44.2 Å². The van der Waals surface area contributed by atoms with Crippen LogP contribution in [0.15, 0.2) is 36.4 Å². The number of rotatable bonds is 3. The van der Waals surface area contributed by atoms with Gasteiger partial charge < -0.3 is 14.8 Å². The van der Waals surface area contributed by atoms with Crippen molar-refractivity contribution in [3.8, 4) is 11.5 Å². The van der Waals surface area contributed by atoms with Crippen molar-refractivity contribution in [1.29, 1.82) is 0 Å². The van der Waals surface area contributed by atoms with Gasteiger partial charge in [0, 0.05) is 42.2 Å². The Hall–Kier alpha value is -1.58. The first-order chi connectivity index (χ1) is 9.93. The maximum Gasteiger partial charge on any atom is 0.246 e. The highest BCUT2D eigenvalue weighted by atomic mass is 35.5. The van der Waals surface area contributed by atoms with Crippen LogP contribution < -0.4 is 14.8 Å². The first-order valence-electron chi connectivity index (χ1n) is 6.63. The van der Waals surface area contributed by atoms with Crippen molar-refractivity contribution in [2.24, 2.45) is 0 Å². The molecule has 1 heterocycles. The van der Waals surface area contributed by atoms with Gasteiger partial charge in [-0.3, -0.25) is 0 Å². The topological polar surface area (TPSA) is 30.5 Å². The van der Waals surface area contributed by atoms with E-state index < -0.39 is 5.79 Å². The number of hydrogen-bond donors (Lipinski definition) is 1. The molecule has 0 bridgehead atoms. The van der Waals surface area contributed by atoms with Gasteiger partial charge >= 0.3 is 0 Å². The van der Waals surface area contributed by atoms with Crippen molar-refractivity contribution in [1.82, 2.24) is 0 Å². The standard InChI is InChI=1S/C16H15Cl2NO2/c1-16(2)20-14-6-5-12(8-15(14)21-16)19-9-10-3-4-11(17)7-13(10)18/h3-8,19H,9H2,1-2H3. The van der Waals surface area contributed by atoms with E-state index in [-0.39, 0.29) is 0 Å². The van der Waals surface area contributed by atoms with Crippen LogP contribution in [-0.2, 0) is 6.54 Å². The molecule has 1 aliphatic rings. The van der Waals surface area contributed by atoms with E-state index in [9.17, 15) is 0 Å². The molecule has 1 N–H and O–H groups in total. The number of halogens is 2. The van der Waals surface area contributed by atoms with E-state index in [1.165, 1.54) is 0 Å². The molecule has 0 aliphatic carbocycles. The molecular weight excluding hydrogens is 309 g/mol. The Kier molecular flexibility index (Phi) is 3.64. The first kappa shape index (κ1) is 14.4. The number of benzene rings is 2. The van der Waals surface area contributed by atoms with Gasteiger partial charge in [0.15, 0.2) is 11.5 Å². The number of nitrogens with one attached hydrogen (secondary N) is 1. The Morgan fingerprint density at radius 2 is 1.76 bits per heavy atom. The zero-order valence-electron chi connectivity index (χ0n) is 11.7. The van der Waals surface area contributed by atoms with Crippen LogP contribution in [0.1, 0.15) is 19.4 Å². The fraction of sp³-hybridized carbons (Fsp3) is 0.250. The van der Waals surface area contributed by atoms with Gasteiger partial charge in [0.05, 0.1) is 0 Å². The van der Waals surface area contributed by atoms with Crippen molar-refractivity contribution >= 4 is 28.9 Å². The molecule has 0 spiro atoms. The average molecular weight is 324 g/mol. The molecule has 0 unspecified atom stereocenters. The Morgan fingerprint density at radius 3 is 2.52 bits per heavy atom. The van der Waals surface area contributed by atoms with Crippen molar-refractivity contribution in [2.75, 3.05) is 5.32 Å². The van der Waals surface area contributed by atoms with Crippen molar-refractivity contribution in [3.63, 3.8) is 0 Å². The largest absolute Gasteiger partial charge is 0.449 e. The smallest absolute Gasteiger partial charge is 0.246 e. The van der Waals surface area contributed by atoms with Crippen LogP contribution in [0.5, 0.6) is 11.5 Å². The van der Waals surface area contributed by atoms with Gasteiger partial charge in [-0.2, -0.15) is 0 Å². The normalized spacial score (nSPS) is 15.0. The fourth-order valence-electron chi connectivity index (χ4n) is 2.19. The van der Waals surface area contributed by atoms with Gasteiger partial charge in [0.2, 0.25) is 5.79 Å². The maximum atomic E-state index is 6.16. The highest BCUT2D eigenvalue weighted by molar-refractivity contribution is 6.35. The van der Waals surface area contributed by atoms with Crippen molar-refractivity contribution < 1.29 is 9.47 Å². The van der Waals surface area contributed by atoms with Crippen molar-refractivity contribution in [3.05, 3.63) is 52.0 Å². The third-order valence-electron chi connectivity index (χ3n) is 3.15. The van der Waals surface area contributed by atoms with Crippen LogP contribution in [0.4, 0.5) is 5.69 Å². The SMILES string of the molecule is CC1(C)Oc2ccc(NCc3ccc(Cl)cc3Cl)cc2O1. The van der Waals surface area contributed by atoms with Crippen LogP contribution in [0, 0.1) is 0 Å². The summed E-state index contributed by atoms with van der Waals surface area (Å²) in [7, 11) is 0. The van der Waals surface area contributed by atoms with E-state index >= 15 is 0 Å². The van der Waals surface area contributed by atoms with E-state index in [1.54, 1.807) is 6.07 Å². The maximum absolute atomic E-state index is 6.16. The zero-order chi connectivity index (χ0) is 15.0. The molecule has 2 aromatic rings. The fourth-order valence-corrected chi connectivity index (χ4v) is 2.67. The third-order valence-corrected chi connectivity index (χ3v) is 3.74. The van der Waals surface area contributed by atoms with E-state index in [4.69, 9.17) is 32.7 Å². The molecule has 5 heteroatoms. The number of fused-ring (bicyclic) bond motifs is 1. The minimum atomic E-state index is -0.611. The highest BCUT2D eigenvalue weighted by Crippen LogP contribution is 2.40. The molecule has 0 amide bonds. The van der Waals surface area contributed by atoms with Gasteiger partial charge in [-0.05, 0) is 29.8 Å². The summed E-state index contributed by atoms with van der Waals surface area (Å²) in [4.78, 5) is 0. The second-order valence-corrected chi connectivity index (χ2v) is 6.20. The summed E-state index contributed by atoms with van der Waals surface area (Å²) in [5.74, 6) is 0.891. The summed E-state index contributed by atoms with van der Waals surface area (Å²) in [6.07, 6.45) is 0. The lowest BCUT2D eigenvalue weighted by atomic mass is 10.2. The molecule has 1 aliphatic heterocycles. The van der Waals surface area contributed by atoms with E-state index in [0.29, 0.717) is 16.6 Å². The zero-order valence-corrected chi connectivity index (χ0v) is 13.3. The van der Waals surface area contributed by atoms with E-state index in [0.717, 1.165) is 22.7 Å². The molecule has 110 valence electrons. The summed E-state index contributed by atoms with van der Waals surface area (Å²) < 4.78 is 11.4. The summed E-state index contributed by atoms with van der Waals surface area (Å²) >= 11 is 12.0. The molecule has 3 rings (SSSR count). The van der Waals surface area contributed by atoms with Gasteiger partial charge in [-0.1, -0.05) is 29.3 Å². The van der Waals surface area contributed by atoms with Crippen LogP contribution in [-0.4, -0.2) is 5.79 Å². The molecule has 21 heavy (non-hydrogen) atoms. The predicted octanol–water partition coefficient (Wildman–Crippen LogP) is 5.11. The molecule has 2 aromatic carbocycles. The third kappa shape index (κ3) is 3.20. The van der Waals surface area contributed by atoms with Crippen LogP contribution in [0.25, 0.3) is 0 Å². The van der Waals surface area contributed by atoms with Crippen LogP contribution >= 0.6 is 23.2 Å². The quantitative estimate of drug-likeness (QED) is 0.851. The summed E-state index contributed by atoms with van der Waals surface area (Å²) in [6, 6.07) is 11.2. The second-order valence-electron chi connectivity index (χ2n) is 5.35. The Balaban J connectivity index is 1.72. The Bertz CT molecular complexity index is 686.